The van der Waals surface area contributed by atoms with Crippen LogP contribution < -0.4 is 10.6 Å². The van der Waals surface area contributed by atoms with Gasteiger partial charge < -0.3 is 10.6 Å². The van der Waals surface area contributed by atoms with Crippen LogP contribution in [0.15, 0.2) is 23.2 Å². The summed E-state index contributed by atoms with van der Waals surface area (Å²) in [5.74, 6) is -1.31. The van der Waals surface area contributed by atoms with Crippen LogP contribution in [-0.2, 0) is 15.6 Å². The lowest BCUT2D eigenvalue weighted by Crippen LogP contribution is -2.67. The van der Waals surface area contributed by atoms with Gasteiger partial charge in [-0.2, -0.15) is 0 Å². The van der Waals surface area contributed by atoms with Crippen LogP contribution in [0.3, 0.4) is 0 Å². The fourth-order valence-electron chi connectivity index (χ4n) is 3.16. The summed E-state index contributed by atoms with van der Waals surface area (Å²) in [4.78, 5) is 3.93. The van der Waals surface area contributed by atoms with Crippen molar-refractivity contribution in [3.8, 4) is 0 Å². The molecule has 23 heavy (non-hydrogen) atoms. The minimum Gasteiger partial charge on any atom is -0.343 e. The van der Waals surface area contributed by atoms with Gasteiger partial charge in [0.15, 0.2) is 0 Å². The molecule has 2 aliphatic rings. The zero-order valence-corrected chi connectivity index (χ0v) is 13.2. The van der Waals surface area contributed by atoms with E-state index in [1.54, 1.807) is 0 Å². The van der Waals surface area contributed by atoms with Gasteiger partial charge >= 0.3 is 0 Å². The maximum atomic E-state index is 14.3. The van der Waals surface area contributed by atoms with Crippen LogP contribution >= 0.6 is 0 Å². The van der Waals surface area contributed by atoms with Gasteiger partial charge in [0.05, 0.1) is 7.85 Å². The van der Waals surface area contributed by atoms with Crippen molar-refractivity contribution in [3.05, 3.63) is 35.4 Å². The highest BCUT2D eigenvalue weighted by atomic mass is 32.2. The molecule has 10 heteroatoms. The largest absolute Gasteiger partial charge is 0.343 e. The molecule has 6 nitrogen and oxygen atoms in total. The minimum absolute atomic E-state index is 0.0103. The van der Waals surface area contributed by atoms with E-state index in [4.69, 9.17) is 7.85 Å². The Kier molecular flexibility index (Phi) is 3.84. The molecule has 0 bridgehead atoms. The number of nitrogens with zero attached hydrogens (tertiary/aromatic N) is 2. The van der Waals surface area contributed by atoms with Crippen LogP contribution in [0.2, 0.25) is 0 Å². The zero-order chi connectivity index (χ0) is 16.8. The molecule has 1 aromatic rings. The highest BCUT2D eigenvalue weighted by Crippen LogP contribution is 2.38. The number of aliphatic imine (C=N–C) groups is 1. The second-order valence-corrected chi connectivity index (χ2v) is 7.66. The molecule has 122 valence electrons. The van der Waals surface area contributed by atoms with Crippen LogP contribution in [0, 0.1) is 11.6 Å². The average molecular weight is 340 g/mol. The number of nitrogens with one attached hydrogen (secondary N) is 2. The number of fused-ring (bicyclic) bond motifs is 1. The third kappa shape index (κ3) is 2.31. The smallest absolute Gasteiger partial charge is 0.244 e. The van der Waals surface area contributed by atoms with Crippen LogP contribution in [0.1, 0.15) is 5.56 Å². The van der Waals surface area contributed by atoms with Crippen molar-refractivity contribution < 1.29 is 17.2 Å². The number of hydrogen-bond donors (Lipinski definition) is 2. The number of guanidine groups is 1. The van der Waals surface area contributed by atoms with Gasteiger partial charge in [0, 0.05) is 32.1 Å². The van der Waals surface area contributed by atoms with E-state index < -0.39 is 32.4 Å². The summed E-state index contributed by atoms with van der Waals surface area (Å²) in [6, 6.07) is 3.00. The van der Waals surface area contributed by atoms with Gasteiger partial charge in [-0.3, -0.25) is 4.99 Å². The SMILES string of the molecule is [B]CN=C1NC2(c3cc(F)ccc3F)CNCC2S(=O)(=O)N1C. The Morgan fingerprint density at radius 2 is 2.22 bits per heavy atom. The van der Waals surface area contributed by atoms with E-state index in [9.17, 15) is 17.2 Å². The summed E-state index contributed by atoms with van der Waals surface area (Å²) in [6.45, 7) is 0.236. The molecule has 2 unspecified atom stereocenters. The van der Waals surface area contributed by atoms with Crippen molar-refractivity contribution >= 4 is 23.8 Å². The van der Waals surface area contributed by atoms with Gasteiger partial charge in [0.2, 0.25) is 16.0 Å². The first-order valence-corrected chi connectivity index (χ1v) is 8.50. The molecule has 0 aromatic heterocycles. The van der Waals surface area contributed by atoms with Crippen LogP contribution in [0.4, 0.5) is 8.78 Å². The number of hydrogen-bond acceptors (Lipinski definition) is 4. The molecule has 0 amide bonds. The summed E-state index contributed by atoms with van der Waals surface area (Å²) >= 11 is 0. The summed E-state index contributed by atoms with van der Waals surface area (Å²) in [5.41, 5.74) is -1.39. The third-order valence-corrected chi connectivity index (χ3v) is 6.53. The topological polar surface area (TPSA) is 73.8 Å². The number of halogens is 2. The molecule has 2 heterocycles. The first-order chi connectivity index (χ1) is 10.8. The van der Waals surface area contributed by atoms with E-state index in [-0.39, 0.29) is 31.1 Å². The maximum absolute atomic E-state index is 14.3. The molecule has 2 atom stereocenters. The minimum atomic E-state index is -3.81. The molecule has 3 rings (SSSR count). The Labute approximate surface area is 134 Å². The van der Waals surface area contributed by atoms with Gasteiger partial charge in [-0.25, -0.2) is 21.5 Å². The molecule has 2 fully saturated rings. The summed E-state index contributed by atoms with van der Waals surface area (Å²) in [6.07, 6.45) is -0.137. The lowest BCUT2D eigenvalue weighted by atomic mass is 9.87. The van der Waals surface area contributed by atoms with E-state index in [2.05, 4.69) is 15.6 Å². The van der Waals surface area contributed by atoms with Crippen LogP contribution in [-0.4, -0.2) is 58.4 Å². The highest BCUT2D eigenvalue weighted by Gasteiger charge is 2.58. The van der Waals surface area contributed by atoms with Crippen molar-refractivity contribution in [2.75, 3.05) is 26.6 Å². The van der Waals surface area contributed by atoms with Gasteiger partial charge in [-0.1, -0.05) is 0 Å². The molecule has 2 saturated heterocycles. The second kappa shape index (κ2) is 5.45. The van der Waals surface area contributed by atoms with E-state index in [1.807, 2.05) is 0 Å². The number of benzene rings is 1. The lowest BCUT2D eigenvalue weighted by molar-refractivity contribution is 0.364. The molecule has 0 aliphatic carbocycles. The van der Waals surface area contributed by atoms with Crippen molar-refractivity contribution in [1.82, 2.24) is 14.9 Å². The van der Waals surface area contributed by atoms with Crippen LogP contribution in [0.25, 0.3) is 0 Å². The number of rotatable bonds is 2. The monoisotopic (exact) mass is 340 g/mol. The number of sulfonamides is 1. The fraction of sp³-hybridized carbons (Fsp3) is 0.462. The van der Waals surface area contributed by atoms with Gasteiger partial charge in [0.1, 0.15) is 22.4 Å². The van der Waals surface area contributed by atoms with Gasteiger partial charge in [0.25, 0.3) is 0 Å². The van der Waals surface area contributed by atoms with Crippen molar-refractivity contribution in [1.29, 1.82) is 0 Å². The molecular weight excluding hydrogens is 325 g/mol. The summed E-state index contributed by atoms with van der Waals surface area (Å²) < 4.78 is 54.5. The molecule has 2 radical (unpaired) electrons. The Hall–Kier alpha value is -1.68. The molecule has 2 aliphatic heterocycles. The van der Waals surface area contributed by atoms with E-state index in [1.165, 1.54) is 7.05 Å². The maximum Gasteiger partial charge on any atom is 0.244 e. The predicted molar refractivity (Wildman–Crippen MR) is 82.6 cm³/mol. The highest BCUT2D eigenvalue weighted by molar-refractivity contribution is 7.90. The van der Waals surface area contributed by atoms with Crippen molar-refractivity contribution in [2.24, 2.45) is 4.99 Å². The van der Waals surface area contributed by atoms with Gasteiger partial charge in [-0.05, 0) is 18.2 Å². The molecule has 0 saturated carbocycles. The summed E-state index contributed by atoms with van der Waals surface area (Å²) in [5, 5.41) is 4.92. The Morgan fingerprint density at radius 1 is 1.48 bits per heavy atom. The Bertz CT molecular complexity index is 773. The quantitative estimate of drug-likeness (QED) is 0.711. The Balaban J connectivity index is 2.23. The third-order valence-electron chi connectivity index (χ3n) is 4.31. The van der Waals surface area contributed by atoms with Gasteiger partial charge in [-0.15, -0.1) is 0 Å². The van der Waals surface area contributed by atoms with E-state index in [0.29, 0.717) is 0 Å². The molecule has 0 spiro atoms. The normalized spacial score (nSPS) is 31.0. The molecular formula is C13H15BF2N4O2S. The van der Waals surface area contributed by atoms with E-state index >= 15 is 0 Å². The first kappa shape index (κ1) is 16.2. The molecule has 2 N–H and O–H groups in total. The van der Waals surface area contributed by atoms with Crippen molar-refractivity contribution in [2.45, 2.75) is 10.8 Å². The zero-order valence-electron chi connectivity index (χ0n) is 12.4. The average Bonchev–Trinajstić information content (AvgIpc) is 2.93. The van der Waals surface area contributed by atoms with Crippen LogP contribution in [0.5, 0.6) is 0 Å². The Morgan fingerprint density at radius 3 is 2.91 bits per heavy atom. The second-order valence-electron chi connectivity index (χ2n) is 5.52. The predicted octanol–water partition coefficient (Wildman–Crippen LogP) is -0.521. The fourth-order valence-corrected chi connectivity index (χ4v) is 5.00. The molecule has 1 aromatic carbocycles. The van der Waals surface area contributed by atoms with E-state index in [0.717, 1.165) is 22.5 Å². The first-order valence-electron chi connectivity index (χ1n) is 6.99. The lowest BCUT2D eigenvalue weighted by Gasteiger charge is -2.44. The summed E-state index contributed by atoms with van der Waals surface area (Å²) in [7, 11) is 2.92. The standard InChI is InChI=1S/C13H15BF2N4O2S/c1-20-12(18-7-14)19-13(6-17-5-11(13)23(20,21)22)9-4-8(15)2-3-10(9)16/h2-4,11,17H,5-7H2,1H3,(H,18,19). The van der Waals surface area contributed by atoms with Crippen molar-refractivity contribution in [3.63, 3.8) is 0 Å².